The Morgan fingerprint density at radius 2 is 1.24 bits per heavy atom. The van der Waals surface area contributed by atoms with Crippen molar-refractivity contribution in [2.45, 2.75) is 116 Å². The van der Waals surface area contributed by atoms with E-state index in [0.29, 0.717) is 19.6 Å². The molecule has 0 aliphatic rings. The number of rotatable bonds is 19. The molecule has 2 aromatic rings. The van der Waals surface area contributed by atoms with Gasteiger partial charge in [-0.3, -0.25) is 4.79 Å². The maximum atomic E-state index is 12.7. The molecule has 0 saturated carbocycles. The summed E-state index contributed by atoms with van der Waals surface area (Å²) in [4.78, 5) is 12.7. The van der Waals surface area contributed by atoms with Crippen molar-refractivity contribution in [1.82, 2.24) is 5.32 Å². The van der Waals surface area contributed by atoms with Crippen LogP contribution >= 0.6 is 0 Å². The molecule has 0 aromatic heterocycles. The molecule has 2 aromatic carbocycles. The Labute approximate surface area is 234 Å². The SMILES string of the molecule is CCCCCCCCCCCCCC(=O)N[C@H](CN)CO[Si](c1ccccc1)(c1ccccc1)C(C)(C)C. The van der Waals surface area contributed by atoms with Crippen LogP contribution in [-0.2, 0) is 9.22 Å². The van der Waals surface area contributed by atoms with Gasteiger partial charge in [-0.2, -0.15) is 0 Å². The summed E-state index contributed by atoms with van der Waals surface area (Å²) in [5, 5.41) is 5.54. The zero-order valence-electron chi connectivity index (χ0n) is 24.6. The fraction of sp³-hybridized carbons (Fsp3) is 0.606. The van der Waals surface area contributed by atoms with Gasteiger partial charge >= 0.3 is 0 Å². The quantitative estimate of drug-likeness (QED) is 0.154. The molecule has 0 fully saturated rings. The smallest absolute Gasteiger partial charge is 0.261 e. The van der Waals surface area contributed by atoms with Crippen LogP contribution in [0, 0.1) is 0 Å². The molecule has 1 amide bonds. The van der Waals surface area contributed by atoms with Crippen molar-refractivity contribution in [2.75, 3.05) is 13.2 Å². The molecule has 0 aliphatic heterocycles. The molecule has 0 radical (unpaired) electrons. The highest BCUT2D eigenvalue weighted by Gasteiger charge is 2.50. The Balaban J connectivity index is 1.87. The molecule has 0 aliphatic carbocycles. The lowest BCUT2D eigenvalue weighted by molar-refractivity contribution is -0.122. The summed E-state index contributed by atoms with van der Waals surface area (Å²) >= 11 is 0. The Bertz CT molecular complexity index is 843. The predicted molar refractivity (Wildman–Crippen MR) is 166 cm³/mol. The van der Waals surface area contributed by atoms with E-state index in [9.17, 15) is 4.79 Å². The monoisotopic (exact) mass is 538 g/mol. The van der Waals surface area contributed by atoms with Crippen LogP contribution in [0.15, 0.2) is 60.7 Å². The third kappa shape index (κ3) is 10.3. The second-order valence-corrected chi connectivity index (χ2v) is 16.1. The molecule has 0 spiro atoms. The van der Waals surface area contributed by atoms with Gasteiger partial charge in [-0.05, 0) is 21.8 Å². The molecule has 0 unspecified atom stereocenters. The van der Waals surface area contributed by atoms with Crippen molar-refractivity contribution < 1.29 is 9.22 Å². The standard InChI is InChI=1S/C33H54N2O2Si/c1-5-6-7-8-9-10-11-12-13-14-21-26-32(36)35-29(27-34)28-37-38(33(2,3)4,30-22-17-15-18-23-30)31-24-19-16-20-25-31/h15-20,22-25,29H,5-14,21,26-28,34H2,1-4H3,(H,35,36)/t29-/m1/s1. The van der Waals surface area contributed by atoms with Crippen molar-refractivity contribution in [2.24, 2.45) is 5.73 Å². The number of carbonyl (C=O) groups is 1. The first-order chi connectivity index (χ1) is 18.3. The van der Waals surface area contributed by atoms with Crippen molar-refractivity contribution in [3.8, 4) is 0 Å². The number of unbranched alkanes of at least 4 members (excludes halogenated alkanes) is 10. The lowest BCUT2D eigenvalue weighted by atomic mass is 10.1. The third-order valence-electron chi connectivity index (χ3n) is 7.57. The number of nitrogens with two attached hydrogens (primary N) is 1. The minimum absolute atomic E-state index is 0.0856. The van der Waals surface area contributed by atoms with Gasteiger partial charge in [0.15, 0.2) is 0 Å². The van der Waals surface area contributed by atoms with Gasteiger partial charge in [0, 0.05) is 13.0 Å². The van der Waals surface area contributed by atoms with E-state index in [1.807, 2.05) is 12.1 Å². The summed E-state index contributed by atoms with van der Waals surface area (Å²) in [6.07, 6.45) is 14.6. The van der Waals surface area contributed by atoms with Gasteiger partial charge in [0.25, 0.3) is 8.32 Å². The van der Waals surface area contributed by atoms with Crippen LogP contribution in [0.4, 0.5) is 0 Å². The van der Waals surface area contributed by atoms with Gasteiger partial charge in [-0.25, -0.2) is 0 Å². The first-order valence-corrected chi connectivity index (χ1v) is 17.0. The Morgan fingerprint density at radius 3 is 1.66 bits per heavy atom. The largest absolute Gasteiger partial charge is 0.405 e. The topological polar surface area (TPSA) is 64.4 Å². The maximum absolute atomic E-state index is 12.7. The first kappa shape index (κ1) is 32.3. The minimum atomic E-state index is -2.64. The molecule has 38 heavy (non-hydrogen) atoms. The number of benzene rings is 2. The molecule has 3 N–H and O–H groups in total. The summed E-state index contributed by atoms with van der Waals surface area (Å²) in [5.74, 6) is 0.0856. The molecule has 5 heteroatoms. The van der Waals surface area contributed by atoms with Gasteiger partial charge in [-0.15, -0.1) is 0 Å². The summed E-state index contributed by atoms with van der Waals surface area (Å²) in [7, 11) is -2.64. The molecule has 0 saturated heterocycles. The highest BCUT2D eigenvalue weighted by Crippen LogP contribution is 2.36. The predicted octanol–water partition coefficient (Wildman–Crippen LogP) is 6.71. The number of amides is 1. The summed E-state index contributed by atoms with van der Waals surface area (Å²) in [6.45, 7) is 9.84. The zero-order valence-corrected chi connectivity index (χ0v) is 25.6. The first-order valence-electron chi connectivity index (χ1n) is 15.1. The fourth-order valence-corrected chi connectivity index (χ4v) is 10.0. The average Bonchev–Trinajstić information content (AvgIpc) is 2.91. The molecule has 212 valence electrons. The van der Waals surface area contributed by atoms with E-state index in [0.717, 1.165) is 12.8 Å². The van der Waals surface area contributed by atoms with Crippen LogP contribution in [0.5, 0.6) is 0 Å². The van der Waals surface area contributed by atoms with Gasteiger partial charge in [0.05, 0.1) is 12.6 Å². The molecule has 4 nitrogen and oxygen atoms in total. The molecular formula is C33H54N2O2Si. The fourth-order valence-electron chi connectivity index (χ4n) is 5.41. The third-order valence-corrected chi connectivity index (χ3v) is 12.6. The van der Waals surface area contributed by atoms with Crippen molar-refractivity contribution >= 4 is 24.6 Å². The second kappa shape index (κ2) is 17.6. The number of carbonyl (C=O) groups excluding carboxylic acids is 1. The molecular weight excluding hydrogens is 484 g/mol. The molecule has 2 rings (SSSR count). The molecule has 1 atom stereocenters. The highest BCUT2D eigenvalue weighted by atomic mass is 28.4. The van der Waals surface area contributed by atoms with Crippen LogP contribution in [-0.4, -0.2) is 33.4 Å². The minimum Gasteiger partial charge on any atom is -0.405 e. The normalized spacial score (nSPS) is 12.9. The van der Waals surface area contributed by atoms with Crippen LogP contribution in [0.25, 0.3) is 0 Å². The zero-order chi connectivity index (χ0) is 27.7. The Hall–Kier alpha value is -1.95. The molecule has 0 heterocycles. The van der Waals surface area contributed by atoms with Crippen LogP contribution < -0.4 is 21.4 Å². The van der Waals surface area contributed by atoms with Crippen LogP contribution in [0.2, 0.25) is 5.04 Å². The lowest BCUT2D eigenvalue weighted by Gasteiger charge is -2.43. The van der Waals surface area contributed by atoms with Crippen molar-refractivity contribution in [1.29, 1.82) is 0 Å². The lowest BCUT2D eigenvalue weighted by Crippen LogP contribution is -2.67. The second-order valence-electron chi connectivity index (χ2n) is 11.8. The highest BCUT2D eigenvalue weighted by molar-refractivity contribution is 6.99. The van der Waals surface area contributed by atoms with E-state index in [4.69, 9.17) is 10.2 Å². The van der Waals surface area contributed by atoms with Gasteiger partial charge in [-0.1, -0.05) is 153 Å². The van der Waals surface area contributed by atoms with Crippen molar-refractivity contribution in [3.63, 3.8) is 0 Å². The summed E-state index contributed by atoms with van der Waals surface area (Å²) in [6, 6.07) is 21.0. The van der Waals surface area contributed by atoms with Gasteiger partial charge in [0.1, 0.15) is 0 Å². The van der Waals surface area contributed by atoms with E-state index in [-0.39, 0.29) is 17.0 Å². The molecule has 0 bridgehead atoms. The number of nitrogens with one attached hydrogen (secondary N) is 1. The van der Waals surface area contributed by atoms with E-state index in [1.165, 1.54) is 68.2 Å². The van der Waals surface area contributed by atoms with Crippen LogP contribution in [0.1, 0.15) is 105 Å². The van der Waals surface area contributed by atoms with Crippen molar-refractivity contribution in [3.05, 3.63) is 60.7 Å². The number of hydrogen-bond acceptors (Lipinski definition) is 3. The average molecular weight is 539 g/mol. The van der Waals surface area contributed by atoms with Gasteiger partial charge in [0.2, 0.25) is 5.91 Å². The van der Waals surface area contributed by atoms with E-state index >= 15 is 0 Å². The van der Waals surface area contributed by atoms with Crippen LogP contribution in [0.3, 0.4) is 0 Å². The van der Waals surface area contributed by atoms with E-state index in [2.05, 4.69) is 81.5 Å². The summed E-state index contributed by atoms with van der Waals surface area (Å²) < 4.78 is 6.98. The van der Waals surface area contributed by atoms with E-state index < -0.39 is 8.32 Å². The number of hydrogen-bond donors (Lipinski definition) is 2. The Kier molecular flexibility index (Phi) is 14.9. The van der Waals surface area contributed by atoms with E-state index in [1.54, 1.807) is 0 Å². The summed E-state index contributed by atoms with van der Waals surface area (Å²) in [5.41, 5.74) is 6.12. The maximum Gasteiger partial charge on any atom is 0.261 e. The Morgan fingerprint density at radius 1 is 0.789 bits per heavy atom. The van der Waals surface area contributed by atoms with Gasteiger partial charge < -0.3 is 15.5 Å².